The minimum Gasteiger partial charge on any atom is -0.452 e. The van der Waals surface area contributed by atoms with Crippen molar-refractivity contribution >= 4 is 34.1 Å². The van der Waals surface area contributed by atoms with Gasteiger partial charge in [-0.15, -0.1) is 11.3 Å². The van der Waals surface area contributed by atoms with Crippen molar-refractivity contribution in [3.8, 4) is 0 Å². The Morgan fingerprint density at radius 3 is 2.48 bits per heavy atom. The number of ether oxygens (including phenoxy) is 1. The van der Waals surface area contributed by atoms with E-state index in [0.717, 1.165) is 23.3 Å². The lowest BCUT2D eigenvalue weighted by atomic mass is 10.1. The summed E-state index contributed by atoms with van der Waals surface area (Å²) in [6.07, 6.45) is 1.67. The molecule has 7 heteroatoms. The molecule has 0 aliphatic rings. The van der Waals surface area contributed by atoms with Crippen LogP contribution >= 0.6 is 11.3 Å². The molecule has 2 amide bonds. The summed E-state index contributed by atoms with van der Waals surface area (Å²) in [6, 6.07) is 10.0. The molecule has 144 valence electrons. The van der Waals surface area contributed by atoms with Gasteiger partial charge >= 0.3 is 5.97 Å². The zero-order valence-corrected chi connectivity index (χ0v) is 16.6. The Morgan fingerprint density at radius 1 is 1.11 bits per heavy atom. The van der Waals surface area contributed by atoms with Crippen molar-refractivity contribution in [1.29, 1.82) is 0 Å². The number of anilines is 1. The second kappa shape index (κ2) is 9.87. The topological polar surface area (TPSA) is 84.5 Å². The van der Waals surface area contributed by atoms with Crippen molar-refractivity contribution in [2.24, 2.45) is 0 Å². The standard InChI is InChI=1S/C20H24N2O4S/c1-13-14(2)27-19(22-15(3)23)18(13)20(25)26-12-17(24)21-11-7-10-16-8-5-4-6-9-16/h4-6,8-9H,7,10-12H2,1-3H3,(H,21,24)(H,22,23). The molecule has 0 aliphatic carbocycles. The third kappa shape index (κ3) is 6.21. The minimum absolute atomic E-state index is 0.263. The molecule has 0 saturated carbocycles. The number of rotatable bonds is 8. The predicted octanol–water partition coefficient (Wildman–Crippen LogP) is 3.23. The van der Waals surface area contributed by atoms with Crippen molar-refractivity contribution in [1.82, 2.24) is 5.32 Å². The Balaban J connectivity index is 1.79. The van der Waals surface area contributed by atoms with Crippen LogP contribution in [0.15, 0.2) is 30.3 Å². The third-order valence-corrected chi connectivity index (χ3v) is 5.14. The average Bonchev–Trinajstić information content (AvgIpc) is 2.90. The molecular formula is C20H24N2O4S. The highest BCUT2D eigenvalue weighted by molar-refractivity contribution is 7.16. The predicted molar refractivity (Wildman–Crippen MR) is 106 cm³/mol. The van der Waals surface area contributed by atoms with Gasteiger partial charge in [0.05, 0.1) is 5.56 Å². The first-order valence-electron chi connectivity index (χ1n) is 8.73. The van der Waals surface area contributed by atoms with Gasteiger partial charge in [-0.05, 0) is 37.8 Å². The summed E-state index contributed by atoms with van der Waals surface area (Å²) < 4.78 is 5.13. The van der Waals surface area contributed by atoms with Crippen LogP contribution in [0.4, 0.5) is 5.00 Å². The number of carbonyl (C=O) groups excluding carboxylic acids is 3. The molecular weight excluding hydrogens is 364 g/mol. The summed E-state index contributed by atoms with van der Waals surface area (Å²) in [5.41, 5.74) is 2.27. The summed E-state index contributed by atoms with van der Waals surface area (Å²) >= 11 is 1.31. The van der Waals surface area contributed by atoms with E-state index in [0.29, 0.717) is 17.1 Å². The van der Waals surface area contributed by atoms with Crippen molar-refractivity contribution < 1.29 is 19.1 Å². The van der Waals surface area contributed by atoms with Crippen LogP contribution in [0.3, 0.4) is 0 Å². The first-order chi connectivity index (χ1) is 12.9. The molecule has 0 radical (unpaired) electrons. The molecule has 2 N–H and O–H groups in total. The Hall–Kier alpha value is -2.67. The molecule has 0 bridgehead atoms. The smallest absolute Gasteiger partial charge is 0.341 e. The molecule has 2 rings (SSSR count). The van der Waals surface area contributed by atoms with Crippen LogP contribution in [0.5, 0.6) is 0 Å². The Bertz CT molecular complexity index is 815. The van der Waals surface area contributed by atoms with E-state index >= 15 is 0 Å². The van der Waals surface area contributed by atoms with Crippen LogP contribution in [-0.2, 0) is 20.7 Å². The van der Waals surface area contributed by atoms with Gasteiger partial charge in [-0.2, -0.15) is 0 Å². The van der Waals surface area contributed by atoms with E-state index in [-0.39, 0.29) is 18.4 Å². The van der Waals surface area contributed by atoms with Crippen molar-refractivity contribution in [2.45, 2.75) is 33.6 Å². The molecule has 0 fully saturated rings. The number of thiophene rings is 1. The van der Waals surface area contributed by atoms with Crippen molar-refractivity contribution in [2.75, 3.05) is 18.5 Å². The highest BCUT2D eigenvalue weighted by Gasteiger charge is 2.22. The molecule has 1 aromatic carbocycles. The third-order valence-electron chi connectivity index (χ3n) is 4.02. The second-order valence-electron chi connectivity index (χ2n) is 6.18. The van der Waals surface area contributed by atoms with Crippen LogP contribution in [0.1, 0.15) is 39.7 Å². The van der Waals surface area contributed by atoms with Crippen LogP contribution < -0.4 is 10.6 Å². The van der Waals surface area contributed by atoms with Crippen molar-refractivity contribution in [3.63, 3.8) is 0 Å². The quantitative estimate of drug-likeness (QED) is 0.537. The fraction of sp³-hybridized carbons (Fsp3) is 0.350. The van der Waals surface area contributed by atoms with Gasteiger partial charge in [0.1, 0.15) is 5.00 Å². The number of nitrogens with one attached hydrogen (secondary N) is 2. The Morgan fingerprint density at radius 2 is 1.81 bits per heavy atom. The van der Waals surface area contributed by atoms with Crippen LogP contribution in [0.25, 0.3) is 0 Å². The number of carbonyl (C=O) groups is 3. The van der Waals surface area contributed by atoms with E-state index in [2.05, 4.69) is 10.6 Å². The largest absolute Gasteiger partial charge is 0.452 e. The fourth-order valence-electron chi connectivity index (χ4n) is 2.54. The number of aryl methyl sites for hydroxylation is 2. The van der Waals surface area contributed by atoms with Gasteiger partial charge in [0, 0.05) is 18.3 Å². The maximum atomic E-state index is 12.4. The number of hydrogen-bond acceptors (Lipinski definition) is 5. The molecule has 0 unspecified atom stereocenters. The number of benzene rings is 1. The molecule has 1 heterocycles. The average molecular weight is 388 g/mol. The van der Waals surface area contributed by atoms with Gasteiger partial charge in [0.2, 0.25) is 5.91 Å². The molecule has 0 atom stereocenters. The number of hydrogen-bond donors (Lipinski definition) is 2. The van der Waals surface area contributed by atoms with E-state index in [1.165, 1.54) is 23.8 Å². The minimum atomic E-state index is -0.611. The van der Waals surface area contributed by atoms with Gasteiger partial charge < -0.3 is 15.4 Å². The van der Waals surface area contributed by atoms with E-state index < -0.39 is 5.97 Å². The normalized spacial score (nSPS) is 10.3. The Kier molecular flexibility index (Phi) is 7.55. The first-order valence-corrected chi connectivity index (χ1v) is 9.55. The second-order valence-corrected chi connectivity index (χ2v) is 7.41. The van der Waals surface area contributed by atoms with Crippen LogP contribution in [-0.4, -0.2) is 30.9 Å². The van der Waals surface area contributed by atoms with Gasteiger partial charge in [0.25, 0.3) is 5.91 Å². The molecule has 0 saturated heterocycles. The number of amides is 2. The lowest BCUT2D eigenvalue weighted by Crippen LogP contribution is -2.30. The monoisotopic (exact) mass is 388 g/mol. The van der Waals surface area contributed by atoms with E-state index in [4.69, 9.17) is 4.74 Å². The molecule has 6 nitrogen and oxygen atoms in total. The molecule has 2 aromatic rings. The lowest BCUT2D eigenvalue weighted by molar-refractivity contribution is -0.124. The van der Waals surface area contributed by atoms with Gasteiger partial charge in [-0.3, -0.25) is 9.59 Å². The maximum Gasteiger partial charge on any atom is 0.341 e. The van der Waals surface area contributed by atoms with Crippen LogP contribution in [0.2, 0.25) is 0 Å². The molecule has 0 aliphatic heterocycles. The van der Waals surface area contributed by atoms with Gasteiger partial charge in [0.15, 0.2) is 6.61 Å². The molecule has 0 spiro atoms. The number of esters is 1. The molecule has 1 aromatic heterocycles. The zero-order chi connectivity index (χ0) is 19.8. The fourth-order valence-corrected chi connectivity index (χ4v) is 3.63. The highest BCUT2D eigenvalue weighted by atomic mass is 32.1. The highest BCUT2D eigenvalue weighted by Crippen LogP contribution is 2.32. The first kappa shape index (κ1) is 20.6. The van der Waals surface area contributed by atoms with Crippen molar-refractivity contribution in [3.05, 3.63) is 51.9 Å². The summed E-state index contributed by atoms with van der Waals surface area (Å²) in [7, 11) is 0. The summed E-state index contributed by atoms with van der Waals surface area (Å²) in [4.78, 5) is 36.5. The Labute approximate surface area is 162 Å². The SMILES string of the molecule is CC(=O)Nc1sc(C)c(C)c1C(=O)OCC(=O)NCCCc1ccccc1. The lowest BCUT2D eigenvalue weighted by Gasteiger charge is -2.08. The zero-order valence-electron chi connectivity index (χ0n) is 15.8. The van der Waals surface area contributed by atoms with E-state index in [1.807, 2.05) is 37.3 Å². The van der Waals surface area contributed by atoms with Gasteiger partial charge in [-0.25, -0.2) is 4.79 Å². The summed E-state index contributed by atoms with van der Waals surface area (Å²) in [6.45, 7) is 5.19. The van der Waals surface area contributed by atoms with E-state index in [9.17, 15) is 14.4 Å². The molecule has 27 heavy (non-hydrogen) atoms. The summed E-state index contributed by atoms with van der Waals surface area (Å²) in [5, 5.41) is 5.83. The maximum absolute atomic E-state index is 12.4. The van der Waals surface area contributed by atoms with Crippen LogP contribution in [0, 0.1) is 13.8 Å². The van der Waals surface area contributed by atoms with Gasteiger partial charge in [-0.1, -0.05) is 30.3 Å². The summed E-state index contributed by atoms with van der Waals surface area (Å²) in [5.74, 6) is -1.22. The van der Waals surface area contributed by atoms with E-state index in [1.54, 1.807) is 6.92 Å².